The van der Waals surface area contributed by atoms with Crippen molar-refractivity contribution in [3.05, 3.63) is 53.6 Å². The van der Waals surface area contributed by atoms with E-state index in [4.69, 9.17) is 15.9 Å². The molecule has 9 nitrogen and oxygen atoms in total. The van der Waals surface area contributed by atoms with Gasteiger partial charge in [0.1, 0.15) is 22.9 Å². The molecule has 2 bridgehead atoms. The summed E-state index contributed by atoms with van der Waals surface area (Å²) >= 11 is 0. The molecule has 0 spiro atoms. The van der Waals surface area contributed by atoms with Gasteiger partial charge in [-0.15, -0.1) is 6.42 Å². The quantitative estimate of drug-likeness (QED) is 0.127. The fraction of sp³-hybridized carbons (Fsp3) is 0.488. The number of rotatable bonds is 11. The van der Waals surface area contributed by atoms with Crippen molar-refractivity contribution < 1.29 is 41.3 Å². The van der Waals surface area contributed by atoms with Crippen molar-refractivity contribution in [1.82, 2.24) is 19.8 Å². The molecule has 3 aromatic carbocycles. The van der Waals surface area contributed by atoms with Crippen LogP contribution in [0.5, 0.6) is 11.8 Å². The zero-order valence-electron chi connectivity index (χ0n) is 30.7. The summed E-state index contributed by atoms with van der Waals surface area (Å²) in [5, 5.41) is 11.4. The molecule has 3 saturated heterocycles. The molecule has 2 unspecified atom stereocenters. The molecule has 3 aliphatic heterocycles. The fourth-order valence-corrected chi connectivity index (χ4v) is 9.18. The normalized spacial score (nSPS) is 21.5. The van der Waals surface area contributed by atoms with Crippen LogP contribution in [0.15, 0.2) is 36.4 Å². The molecular weight excluding hydrogens is 721 g/mol. The highest BCUT2D eigenvalue weighted by molar-refractivity contribution is 6.04. The molecule has 55 heavy (non-hydrogen) atoms. The lowest BCUT2D eigenvalue weighted by Gasteiger charge is -2.51. The van der Waals surface area contributed by atoms with Gasteiger partial charge < -0.3 is 24.4 Å². The number of aromatic hydroxyl groups is 1. The van der Waals surface area contributed by atoms with Gasteiger partial charge in [0.25, 0.3) is 0 Å². The van der Waals surface area contributed by atoms with Crippen molar-refractivity contribution in [1.29, 1.82) is 0 Å². The van der Waals surface area contributed by atoms with E-state index in [-0.39, 0.29) is 64.8 Å². The predicted octanol–water partition coefficient (Wildman–Crippen LogP) is 7.21. The number of terminal acetylenes is 1. The maximum atomic E-state index is 17.1. The molecular formula is C41H42F5N5O4. The molecule has 1 amide bonds. The Kier molecular flexibility index (Phi) is 9.32. The molecule has 14 heteroatoms. The Bertz CT molecular complexity index is 2190. The molecule has 4 aliphatic rings. The number of likely N-dealkylation sites (tertiary alicyclic amines) is 1. The average molecular weight is 764 g/mol. The molecule has 4 heterocycles. The topological polar surface area (TPSA) is 91.3 Å². The minimum Gasteiger partial charge on any atom is -0.508 e. The van der Waals surface area contributed by atoms with Crippen LogP contribution in [0, 0.1) is 29.4 Å². The first-order chi connectivity index (χ1) is 26.3. The van der Waals surface area contributed by atoms with Gasteiger partial charge >= 0.3 is 18.1 Å². The van der Waals surface area contributed by atoms with Gasteiger partial charge in [-0.3, -0.25) is 9.69 Å². The molecule has 1 aliphatic carbocycles. The largest absolute Gasteiger partial charge is 0.508 e. The van der Waals surface area contributed by atoms with Crippen LogP contribution in [-0.4, -0.2) is 101 Å². The lowest BCUT2D eigenvalue weighted by molar-refractivity contribution is -0.188. The van der Waals surface area contributed by atoms with Gasteiger partial charge in [-0.2, -0.15) is 23.1 Å². The number of carbonyl (C=O) groups is 1. The molecule has 4 aromatic rings. The SMILES string of the molecule is C#Cc1cccc2cc(O)cc(-c3c(F)cc4c(N5CC6CCC(C5)N6C(=O)C(F)(F)F)nc(OCC5(CN6CC(CCC)(OCC)C6)CC5)nc4c3F)c12. The third-order valence-corrected chi connectivity index (χ3v) is 11.7. The highest BCUT2D eigenvalue weighted by atomic mass is 19.4. The molecule has 1 N–H and O–H groups in total. The van der Waals surface area contributed by atoms with Crippen molar-refractivity contribution in [2.75, 3.05) is 50.8 Å². The lowest BCUT2D eigenvalue weighted by Crippen LogP contribution is -2.64. The summed E-state index contributed by atoms with van der Waals surface area (Å²) in [6.45, 7) is 7.38. The second-order valence-electron chi connectivity index (χ2n) is 15.6. The number of ether oxygens (including phenoxy) is 2. The molecule has 290 valence electrons. The van der Waals surface area contributed by atoms with Crippen LogP contribution in [0.4, 0.5) is 27.8 Å². The van der Waals surface area contributed by atoms with E-state index in [2.05, 4.69) is 27.7 Å². The van der Waals surface area contributed by atoms with Crippen molar-refractivity contribution in [3.63, 3.8) is 0 Å². The molecule has 1 saturated carbocycles. The number of piperazine rings is 1. The Balaban J connectivity index is 1.17. The number of phenolic OH excluding ortho intramolecular Hbond substituents is 1. The number of amides is 1. The van der Waals surface area contributed by atoms with Gasteiger partial charge in [0, 0.05) is 66.6 Å². The molecule has 4 fully saturated rings. The minimum absolute atomic E-state index is 0.00682. The Hall–Kier alpha value is -4.74. The van der Waals surface area contributed by atoms with Crippen LogP contribution < -0.4 is 9.64 Å². The summed E-state index contributed by atoms with van der Waals surface area (Å²) in [5.41, 5.74) is -0.653. The van der Waals surface area contributed by atoms with Gasteiger partial charge in [-0.25, -0.2) is 8.78 Å². The summed E-state index contributed by atoms with van der Waals surface area (Å²) in [6, 6.07) is 7.08. The number of anilines is 1. The Morgan fingerprint density at radius 2 is 1.80 bits per heavy atom. The highest BCUT2D eigenvalue weighted by Gasteiger charge is 2.53. The molecule has 1 aromatic heterocycles. The molecule has 2 atom stereocenters. The van der Waals surface area contributed by atoms with Gasteiger partial charge in [0.2, 0.25) is 0 Å². The van der Waals surface area contributed by atoms with E-state index in [0.29, 0.717) is 35.8 Å². The van der Waals surface area contributed by atoms with E-state index in [1.807, 2.05) is 6.92 Å². The number of hydrogen-bond acceptors (Lipinski definition) is 8. The number of benzene rings is 3. The number of halogens is 5. The second kappa shape index (κ2) is 13.8. The van der Waals surface area contributed by atoms with Gasteiger partial charge in [-0.05, 0) is 68.7 Å². The van der Waals surface area contributed by atoms with E-state index < -0.39 is 41.4 Å². The van der Waals surface area contributed by atoms with Crippen molar-refractivity contribution in [3.8, 4) is 35.2 Å². The summed E-state index contributed by atoms with van der Waals surface area (Å²) < 4.78 is 86.6. The van der Waals surface area contributed by atoms with E-state index in [0.717, 1.165) is 56.3 Å². The van der Waals surface area contributed by atoms with Crippen LogP contribution in [0.2, 0.25) is 0 Å². The second-order valence-corrected chi connectivity index (χ2v) is 15.6. The number of nitrogens with zero attached hydrogens (tertiary/aromatic N) is 5. The zero-order chi connectivity index (χ0) is 38.9. The lowest BCUT2D eigenvalue weighted by atomic mass is 9.87. The number of hydrogen-bond donors (Lipinski definition) is 1. The summed E-state index contributed by atoms with van der Waals surface area (Å²) in [7, 11) is 0. The van der Waals surface area contributed by atoms with Crippen LogP contribution in [0.1, 0.15) is 57.9 Å². The summed E-state index contributed by atoms with van der Waals surface area (Å²) in [6.07, 6.45) is 5.25. The van der Waals surface area contributed by atoms with Crippen molar-refractivity contribution >= 4 is 33.4 Å². The first kappa shape index (κ1) is 37.2. The maximum absolute atomic E-state index is 17.1. The number of alkyl halides is 3. The third-order valence-electron chi connectivity index (χ3n) is 11.7. The monoisotopic (exact) mass is 763 g/mol. The first-order valence-electron chi connectivity index (χ1n) is 18.8. The minimum atomic E-state index is -5.03. The van der Waals surface area contributed by atoms with Crippen LogP contribution in [-0.2, 0) is 9.53 Å². The summed E-state index contributed by atoms with van der Waals surface area (Å²) in [5.74, 6) is -1.49. The third kappa shape index (κ3) is 6.69. The zero-order valence-corrected chi connectivity index (χ0v) is 30.7. The van der Waals surface area contributed by atoms with E-state index in [1.165, 1.54) is 12.1 Å². The Morgan fingerprint density at radius 3 is 2.44 bits per heavy atom. The smallest absolute Gasteiger partial charge is 0.471 e. The molecule has 0 radical (unpaired) electrons. The Labute approximate surface area is 315 Å². The molecule has 8 rings (SSSR count). The maximum Gasteiger partial charge on any atom is 0.471 e. The highest BCUT2D eigenvalue weighted by Crippen LogP contribution is 2.49. The number of carbonyl (C=O) groups excluding carboxylic acids is 1. The fourth-order valence-electron chi connectivity index (χ4n) is 9.18. The number of fused-ring (bicyclic) bond motifs is 4. The number of aromatic nitrogens is 2. The first-order valence-corrected chi connectivity index (χ1v) is 18.8. The van der Waals surface area contributed by atoms with E-state index in [1.54, 1.807) is 23.1 Å². The predicted molar refractivity (Wildman–Crippen MR) is 197 cm³/mol. The van der Waals surface area contributed by atoms with E-state index in [9.17, 15) is 23.1 Å². The summed E-state index contributed by atoms with van der Waals surface area (Å²) in [4.78, 5) is 26.5. The van der Waals surface area contributed by atoms with Crippen molar-refractivity contribution in [2.24, 2.45) is 5.41 Å². The Morgan fingerprint density at radius 1 is 1.07 bits per heavy atom. The van der Waals surface area contributed by atoms with E-state index >= 15 is 8.78 Å². The average Bonchev–Trinajstić information content (AvgIpc) is 3.84. The van der Waals surface area contributed by atoms with Crippen LogP contribution in [0.25, 0.3) is 32.8 Å². The van der Waals surface area contributed by atoms with Gasteiger partial charge in [0.05, 0.1) is 29.9 Å². The van der Waals surface area contributed by atoms with Crippen LogP contribution >= 0.6 is 0 Å². The van der Waals surface area contributed by atoms with Gasteiger partial charge in [-0.1, -0.05) is 31.4 Å². The van der Waals surface area contributed by atoms with Gasteiger partial charge in [0.15, 0.2) is 5.82 Å². The van der Waals surface area contributed by atoms with Crippen LogP contribution in [0.3, 0.4) is 0 Å². The van der Waals surface area contributed by atoms with Crippen molar-refractivity contribution in [2.45, 2.75) is 76.2 Å². The standard InChI is InChI=1S/C41H42F5N5O4/c1-4-12-40(55-6-3)21-49(22-40)20-39(13-14-39)23-54-38-47-35-30(36(48-38)50-18-26-10-11-27(19-50)51(26)37(53)41(44,45)46)17-31(42)33(34(35)43)29-16-28(52)15-25-9-7-8-24(5-2)32(25)29/h2,7-9,15-17,26-27,52H,4,6,10-14,18-23H2,1,3H3. The number of phenols is 1.